The van der Waals surface area contributed by atoms with Crippen molar-refractivity contribution in [3.63, 3.8) is 0 Å². The van der Waals surface area contributed by atoms with Crippen LogP contribution in [0.4, 0.5) is 22.0 Å². The molecule has 0 radical (unpaired) electrons. The number of alkyl halides is 5. The van der Waals surface area contributed by atoms with Crippen LogP contribution in [-0.2, 0) is 0 Å². The zero-order valence-electron chi connectivity index (χ0n) is 8.79. The highest BCUT2D eigenvalue weighted by atomic mass is 19.4. The Hall–Kier alpha value is -1.93. The van der Waals surface area contributed by atoms with E-state index >= 15 is 0 Å². The molecule has 0 saturated carbocycles. The molecule has 0 aromatic carbocycles. The zero-order valence-corrected chi connectivity index (χ0v) is 8.79. The van der Waals surface area contributed by atoms with Crippen LogP contribution in [0.1, 0.15) is 22.3 Å². The van der Waals surface area contributed by atoms with Crippen LogP contribution in [0.2, 0.25) is 0 Å². The van der Waals surface area contributed by atoms with Gasteiger partial charge in [-0.15, -0.1) is 13.2 Å². The number of carbonyl (C=O) groups is 1. The second-order valence-corrected chi connectivity index (χ2v) is 2.93. The molecular weight excluding hydrogens is 265 g/mol. The van der Waals surface area contributed by atoms with Crippen molar-refractivity contribution in [3.8, 4) is 11.6 Å². The van der Waals surface area contributed by atoms with E-state index in [1.54, 1.807) is 0 Å². The van der Waals surface area contributed by atoms with Crippen LogP contribution in [0.5, 0.6) is 11.6 Å². The number of aromatic nitrogens is 1. The van der Waals surface area contributed by atoms with E-state index in [-0.39, 0.29) is 12.0 Å². The minimum Gasteiger partial charge on any atom is -0.494 e. The zero-order chi connectivity index (χ0) is 13.9. The van der Waals surface area contributed by atoms with Crippen LogP contribution < -0.4 is 9.47 Å². The number of ether oxygens (including phenoxy) is 2. The highest BCUT2D eigenvalue weighted by Gasteiger charge is 2.35. The Labute approximate surface area is 97.3 Å². The third-order valence-corrected chi connectivity index (χ3v) is 1.85. The lowest BCUT2D eigenvalue weighted by atomic mass is 10.1. The summed E-state index contributed by atoms with van der Waals surface area (Å²) in [5, 5.41) is 0. The minimum atomic E-state index is -5.19. The Morgan fingerprint density at radius 2 is 2.00 bits per heavy atom. The first kappa shape index (κ1) is 14.1. The Balaban J connectivity index is 3.39. The van der Waals surface area contributed by atoms with Gasteiger partial charge in [0.25, 0.3) is 6.43 Å². The SMILES string of the molecule is COc1cnc(OC(F)(F)F)c(C(F)F)c1C=O. The standard InChI is InChI=1S/C9H6F5NO3/c1-17-5-2-15-8(18-9(12,13)14)6(7(10)11)4(5)3-16/h2-3,7H,1H3. The van der Waals surface area contributed by atoms with Gasteiger partial charge in [0.05, 0.1) is 24.4 Å². The minimum absolute atomic E-state index is 0.0504. The van der Waals surface area contributed by atoms with Crippen molar-refractivity contribution in [1.29, 1.82) is 0 Å². The molecule has 1 aromatic heterocycles. The van der Waals surface area contributed by atoms with Crippen molar-refractivity contribution < 1.29 is 36.2 Å². The molecule has 0 unspecified atom stereocenters. The lowest BCUT2D eigenvalue weighted by Crippen LogP contribution is -2.20. The van der Waals surface area contributed by atoms with E-state index in [0.717, 1.165) is 7.11 Å². The van der Waals surface area contributed by atoms with Gasteiger partial charge in [-0.3, -0.25) is 4.79 Å². The van der Waals surface area contributed by atoms with Gasteiger partial charge in [-0.2, -0.15) is 0 Å². The van der Waals surface area contributed by atoms with E-state index in [1.807, 2.05) is 0 Å². The predicted octanol–water partition coefficient (Wildman–Crippen LogP) is 2.74. The molecule has 1 heterocycles. The predicted molar refractivity (Wildman–Crippen MR) is 47.8 cm³/mol. The first-order chi connectivity index (χ1) is 8.30. The number of nitrogens with zero attached hydrogens (tertiary/aromatic N) is 1. The number of carbonyl (C=O) groups excluding carboxylic acids is 1. The maximum Gasteiger partial charge on any atom is 0.574 e. The summed E-state index contributed by atoms with van der Waals surface area (Å²) in [5.41, 5.74) is -2.00. The maximum atomic E-state index is 12.7. The molecule has 0 spiro atoms. The first-order valence-corrected chi connectivity index (χ1v) is 4.36. The summed E-state index contributed by atoms with van der Waals surface area (Å²) < 4.78 is 69.1. The van der Waals surface area contributed by atoms with Crippen molar-refractivity contribution in [2.45, 2.75) is 12.8 Å². The summed E-state index contributed by atoms with van der Waals surface area (Å²) in [6.07, 6.45) is -7.92. The van der Waals surface area contributed by atoms with Crippen molar-refractivity contribution in [2.24, 2.45) is 0 Å². The highest BCUT2D eigenvalue weighted by molar-refractivity contribution is 5.82. The number of methoxy groups -OCH3 is 1. The molecule has 0 amide bonds. The van der Waals surface area contributed by atoms with Gasteiger partial charge in [0.15, 0.2) is 6.29 Å². The maximum absolute atomic E-state index is 12.7. The third-order valence-electron chi connectivity index (χ3n) is 1.85. The Morgan fingerprint density at radius 3 is 2.39 bits per heavy atom. The number of aldehydes is 1. The van der Waals surface area contributed by atoms with E-state index in [2.05, 4.69) is 14.5 Å². The average molecular weight is 271 g/mol. The van der Waals surface area contributed by atoms with E-state index in [0.29, 0.717) is 6.20 Å². The third kappa shape index (κ3) is 3.05. The summed E-state index contributed by atoms with van der Waals surface area (Å²) in [4.78, 5) is 13.7. The number of hydrogen-bond donors (Lipinski definition) is 0. The lowest BCUT2D eigenvalue weighted by Gasteiger charge is -2.14. The van der Waals surface area contributed by atoms with E-state index in [1.165, 1.54) is 0 Å². The molecule has 0 aliphatic heterocycles. The molecule has 0 bridgehead atoms. The van der Waals surface area contributed by atoms with Crippen molar-refractivity contribution in [3.05, 3.63) is 17.3 Å². The van der Waals surface area contributed by atoms with Crippen LogP contribution in [0, 0.1) is 0 Å². The fourth-order valence-corrected chi connectivity index (χ4v) is 1.19. The van der Waals surface area contributed by atoms with Gasteiger partial charge in [-0.25, -0.2) is 13.8 Å². The van der Waals surface area contributed by atoms with Crippen molar-refractivity contribution >= 4 is 6.29 Å². The van der Waals surface area contributed by atoms with Gasteiger partial charge in [0.2, 0.25) is 5.88 Å². The largest absolute Gasteiger partial charge is 0.574 e. The van der Waals surface area contributed by atoms with Gasteiger partial charge >= 0.3 is 6.36 Å². The summed E-state index contributed by atoms with van der Waals surface area (Å²) in [5.74, 6) is -1.74. The van der Waals surface area contributed by atoms with Gasteiger partial charge in [0, 0.05) is 0 Å². The fourth-order valence-electron chi connectivity index (χ4n) is 1.19. The van der Waals surface area contributed by atoms with E-state index < -0.39 is 29.8 Å². The Bertz CT molecular complexity index is 447. The molecule has 4 nitrogen and oxygen atoms in total. The van der Waals surface area contributed by atoms with E-state index in [9.17, 15) is 26.7 Å². The van der Waals surface area contributed by atoms with Crippen LogP contribution in [0.3, 0.4) is 0 Å². The summed E-state index contributed by atoms with van der Waals surface area (Å²) in [6.45, 7) is 0. The summed E-state index contributed by atoms with van der Waals surface area (Å²) >= 11 is 0. The second-order valence-electron chi connectivity index (χ2n) is 2.93. The second kappa shape index (κ2) is 5.15. The van der Waals surface area contributed by atoms with E-state index in [4.69, 9.17) is 0 Å². The molecule has 0 aliphatic rings. The number of rotatable bonds is 4. The van der Waals surface area contributed by atoms with Gasteiger partial charge in [-0.1, -0.05) is 0 Å². The number of halogens is 5. The molecule has 0 saturated heterocycles. The smallest absolute Gasteiger partial charge is 0.494 e. The Morgan fingerprint density at radius 1 is 1.39 bits per heavy atom. The number of hydrogen-bond acceptors (Lipinski definition) is 4. The summed E-state index contributed by atoms with van der Waals surface area (Å²) in [7, 11) is 1.06. The molecule has 100 valence electrons. The molecule has 0 atom stereocenters. The van der Waals surface area contributed by atoms with Gasteiger partial charge in [0.1, 0.15) is 5.75 Å². The first-order valence-electron chi connectivity index (χ1n) is 4.36. The summed E-state index contributed by atoms with van der Waals surface area (Å²) in [6, 6.07) is 0. The highest BCUT2D eigenvalue weighted by Crippen LogP contribution is 2.36. The molecule has 0 fully saturated rings. The fraction of sp³-hybridized carbons (Fsp3) is 0.333. The lowest BCUT2D eigenvalue weighted by molar-refractivity contribution is -0.276. The van der Waals surface area contributed by atoms with Crippen molar-refractivity contribution in [1.82, 2.24) is 4.98 Å². The molecule has 9 heteroatoms. The Kier molecular flexibility index (Phi) is 4.04. The normalized spacial score (nSPS) is 11.5. The van der Waals surface area contributed by atoms with Gasteiger partial charge in [-0.05, 0) is 0 Å². The molecule has 18 heavy (non-hydrogen) atoms. The monoisotopic (exact) mass is 271 g/mol. The molecule has 0 N–H and O–H groups in total. The molecule has 1 rings (SSSR count). The topological polar surface area (TPSA) is 48.4 Å². The van der Waals surface area contributed by atoms with Gasteiger partial charge < -0.3 is 9.47 Å². The van der Waals surface area contributed by atoms with Crippen LogP contribution in [0.15, 0.2) is 6.20 Å². The van der Waals surface area contributed by atoms with Crippen LogP contribution in [0.25, 0.3) is 0 Å². The molecule has 1 aromatic rings. The number of pyridine rings is 1. The van der Waals surface area contributed by atoms with Crippen LogP contribution in [-0.4, -0.2) is 24.7 Å². The van der Waals surface area contributed by atoms with Crippen LogP contribution >= 0.6 is 0 Å². The quantitative estimate of drug-likeness (QED) is 0.624. The van der Waals surface area contributed by atoms with Crippen molar-refractivity contribution in [2.75, 3.05) is 7.11 Å². The molecular formula is C9H6F5NO3. The molecule has 0 aliphatic carbocycles. The average Bonchev–Trinajstić information content (AvgIpc) is 2.25.